The van der Waals surface area contributed by atoms with E-state index in [9.17, 15) is 9.59 Å². The van der Waals surface area contributed by atoms with Gasteiger partial charge in [0.25, 0.3) is 11.8 Å². The maximum Gasteiger partial charge on any atom is 0.273 e. The largest absolute Gasteiger partial charge is 0.497 e. The molecule has 0 aromatic heterocycles. The summed E-state index contributed by atoms with van der Waals surface area (Å²) < 4.78 is 5.21. The number of methoxy groups -OCH3 is 1. The van der Waals surface area contributed by atoms with Crippen molar-refractivity contribution in [2.24, 2.45) is 10.7 Å². The molecule has 1 aliphatic rings. The molecule has 0 fully saturated rings. The van der Waals surface area contributed by atoms with Crippen LogP contribution < -0.4 is 21.5 Å². The summed E-state index contributed by atoms with van der Waals surface area (Å²) in [6.07, 6.45) is 2.62. The second-order valence-electron chi connectivity index (χ2n) is 8.83. The fourth-order valence-electron chi connectivity index (χ4n) is 3.93. The summed E-state index contributed by atoms with van der Waals surface area (Å²) in [5, 5.41) is 4.21. The molecule has 38 heavy (non-hydrogen) atoms. The number of benzene rings is 3. The first-order valence-corrected chi connectivity index (χ1v) is 12.3. The number of hydroxylamine groups is 2. The van der Waals surface area contributed by atoms with Crippen molar-refractivity contribution in [1.82, 2.24) is 5.06 Å². The Kier molecular flexibility index (Phi) is 8.40. The van der Waals surface area contributed by atoms with E-state index >= 15 is 0 Å². The predicted molar refractivity (Wildman–Crippen MR) is 149 cm³/mol. The lowest BCUT2D eigenvalue weighted by atomic mass is 10.0. The molecule has 0 bridgehead atoms. The summed E-state index contributed by atoms with van der Waals surface area (Å²) in [7, 11) is 1.57. The van der Waals surface area contributed by atoms with Crippen LogP contribution in [0.15, 0.2) is 77.3 Å². The van der Waals surface area contributed by atoms with Gasteiger partial charge in [-0.15, -0.1) is 0 Å². The Bertz CT molecular complexity index is 1380. The molecule has 9 nitrogen and oxygen atoms in total. The second-order valence-corrected chi connectivity index (χ2v) is 8.83. The minimum absolute atomic E-state index is 0.157. The van der Waals surface area contributed by atoms with Crippen LogP contribution >= 0.6 is 0 Å². The number of hydrogen-bond acceptors (Lipinski definition) is 7. The maximum atomic E-state index is 13.4. The first-order valence-electron chi connectivity index (χ1n) is 12.3. The van der Waals surface area contributed by atoms with E-state index in [2.05, 4.69) is 10.3 Å². The van der Waals surface area contributed by atoms with E-state index < -0.39 is 0 Å². The van der Waals surface area contributed by atoms with Gasteiger partial charge in [-0.3, -0.25) is 14.4 Å². The number of nitrogens with one attached hydrogen (secondary N) is 1. The van der Waals surface area contributed by atoms with Crippen molar-refractivity contribution in [2.45, 2.75) is 26.4 Å². The highest BCUT2D eigenvalue weighted by atomic mass is 16.7. The molecule has 0 saturated heterocycles. The zero-order valence-electron chi connectivity index (χ0n) is 21.4. The summed E-state index contributed by atoms with van der Waals surface area (Å²) in [6.45, 7) is 2.61. The average Bonchev–Trinajstić information content (AvgIpc) is 3.09. The van der Waals surface area contributed by atoms with Crippen molar-refractivity contribution in [3.8, 4) is 5.75 Å². The van der Waals surface area contributed by atoms with Crippen LogP contribution in [0.25, 0.3) is 6.08 Å². The number of fused-ring (bicyclic) bond motifs is 1. The summed E-state index contributed by atoms with van der Waals surface area (Å²) >= 11 is 0. The summed E-state index contributed by atoms with van der Waals surface area (Å²) in [5.74, 6) is 0.320. The van der Waals surface area contributed by atoms with Gasteiger partial charge in [0, 0.05) is 47.1 Å². The smallest absolute Gasteiger partial charge is 0.273 e. The van der Waals surface area contributed by atoms with E-state index in [1.165, 1.54) is 5.06 Å². The molecule has 9 heteroatoms. The number of anilines is 2. The molecule has 0 radical (unpaired) electrons. The van der Waals surface area contributed by atoms with E-state index in [1.54, 1.807) is 67.8 Å². The lowest BCUT2D eigenvalue weighted by Crippen LogP contribution is -2.34. The lowest BCUT2D eigenvalue weighted by Gasteiger charge is -2.22. The van der Waals surface area contributed by atoms with Gasteiger partial charge in [-0.25, -0.2) is 10.1 Å². The molecule has 3 aromatic carbocycles. The average molecular weight is 514 g/mol. The van der Waals surface area contributed by atoms with Gasteiger partial charge in [0.2, 0.25) is 0 Å². The van der Waals surface area contributed by atoms with E-state index in [0.717, 1.165) is 5.56 Å². The summed E-state index contributed by atoms with van der Waals surface area (Å²) in [6, 6.07) is 19.5. The molecular weight excluding hydrogens is 482 g/mol. The number of carbonyl (C=O) groups is 2. The molecule has 4 rings (SSSR count). The second kappa shape index (κ2) is 12.1. The minimum atomic E-state index is -0.301. The van der Waals surface area contributed by atoms with Crippen LogP contribution in [0.2, 0.25) is 0 Å². The number of aliphatic imine (C=N–C) groups is 1. The van der Waals surface area contributed by atoms with Crippen LogP contribution in [-0.4, -0.2) is 36.4 Å². The molecule has 1 aliphatic heterocycles. The first kappa shape index (κ1) is 26.4. The van der Waals surface area contributed by atoms with Crippen molar-refractivity contribution >= 4 is 40.8 Å². The van der Waals surface area contributed by atoms with Crippen LogP contribution in [0.5, 0.6) is 5.75 Å². The van der Waals surface area contributed by atoms with Gasteiger partial charge < -0.3 is 21.5 Å². The third-order valence-electron chi connectivity index (χ3n) is 5.88. The van der Waals surface area contributed by atoms with E-state index in [-0.39, 0.29) is 30.7 Å². The number of nitrogen functional groups attached to an aromatic ring is 1. The van der Waals surface area contributed by atoms with Crippen LogP contribution in [0.4, 0.5) is 17.1 Å². The molecule has 0 atom stereocenters. The number of amides is 2. The Morgan fingerprint density at radius 2 is 1.84 bits per heavy atom. The number of nitrogens with two attached hydrogens (primary N) is 2. The highest BCUT2D eigenvalue weighted by Gasteiger charge is 2.23. The number of hydrogen-bond donors (Lipinski definition) is 3. The third-order valence-corrected chi connectivity index (χ3v) is 5.88. The Labute approximate surface area is 221 Å². The van der Waals surface area contributed by atoms with Gasteiger partial charge in [0.1, 0.15) is 18.2 Å². The van der Waals surface area contributed by atoms with E-state index in [4.69, 9.17) is 21.0 Å². The monoisotopic (exact) mass is 513 g/mol. The maximum absolute atomic E-state index is 13.4. The van der Waals surface area contributed by atoms with Crippen LogP contribution in [0.1, 0.15) is 41.3 Å². The van der Waals surface area contributed by atoms with Gasteiger partial charge in [-0.2, -0.15) is 0 Å². The lowest BCUT2D eigenvalue weighted by molar-refractivity contribution is -0.187. The van der Waals surface area contributed by atoms with Gasteiger partial charge in [-0.05, 0) is 54.5 Å². The molecule has 0 spiro atoms. The fraction of sp³-hybridized carbons (Fsp3) is 0.207. The van der Waals surface area contributed by atoms with Crippen molar-refractivity contribution in [3.05, 3.63) is 89.0 Å². The number of carbonyl (C=O) groups excluding carboxylic acids is 2. The third kappa shape index (κ3) is 6.57. The van der Waals surface area contributed by atoms with Gasteiger partial charge in [-0.1, -0.05) is 31.2 Å². The Morgan fingerprint density at radius 1 is 1.05 bits per heavy atom. The van der Waals surface area contributed by atoms with E-state index in [0.29, 0.717) is 52.5 Å². The number of amidine groups is 1. The van der Waals surface area contributed by atoms with Crippen LogP contribution in [0, 0.1) is 0 Å². The molecule has 196 valence electrons. The summed E-state index contributed by atoms with van der Waals surface area (Å²) in [5.41, 5.74) is 16.1. The topological polar surface area (TPSA) is 132 Å². The van der Waals surface area contributed by atoms with Crippen molar-refractivity contribution in [1.29, 1.82) is 0 Å². The highest BCUT2D eigenvalue weighted by Crippen LogP contribution is 2.29. The minimum Gasteiger partial charge on any atom is -0.497 e. The van der Waals surface area contributed by atoms with E-state index in [1.807, 2.05) is 19.1 Å². The van der Waals surface area contributed by atoms with Crippen LogP contribution in [-0.2, 0) is 16.2 Å². The Balaban J connectivity index is 1.53. The highest BCUT2D eigenvalue weighted by molar-refractivity contribution is 6.07. The van der Waals surface area contributed by atoms with Gasteiger partial charge in [0.15, 0.2) is 0 Å². The Morgan fingerprint density at radius 3 is 2.58 bits per heavy atom. The summed E-state index contributed by atoms with van der Waals surface area (Å²) in [4.78, 5) is 36.7. The fourth-order valence-corrected chi connectivity index (χ4v) is 3.93. The number of nitrogens with zero attached hydrogens (tertiary/aromatic N) is 2. The standard InChI is InChI=1S/C29H31N5O4/c1-3-13-34(38-18-19-7-11-23(30)12-8-19)29(36)22-14-20-9-10-21(15-26(20)33-27(31)16-22)28(35)32-24-5-4-6-25(17-24)37-2/h4-12,14-15,17H,3,13,16,18,30H2,1-2H3,(H2,31,33)(H,32,35). The van der Waals surface area contributed by atoms with Crippen molar-refractivity contribution < 1.29 is 19.2 Å². The quantitative estimate of drug-likeness (QED) is 0.281. The van der Waals surface area contributed by atoms with Gasteiger partial charge in [0.05, 0.1) is 12.8 Å². The van der Waals surface area contributed by atoms with Crippen molar-refractivity contribution in [3.63, 3.8) is 0 Å². The molecule has 0 saturated carbocycles. The first-order chi connectivity index (χ1) is 18.4. The SMILES string of the molecule is CCCN(OCc1ccc(N)cc1)C(=O)C1=Cc2ccc(C(=O)Nc3cccc(OC)c3)cc2N=C(N)C1. The number of rotatable bonds is 9. The van der Waals surface area contributed by atoms with Crippen LogP contribution in [0.3, 0.4) is 0 Å². The molecule has 0 aliphatic carbocycles. The zero-order chi connectivity index (χ0) is 27.1. The molecule has 1 heterocycles. The predicted octanol–water partition coefficient (Wildman–Crippen LogP) is 4.68. The molecule has 5 N–H and O–H groups in total. The molecular formula is C29H31N5O4. The molecule has 3 aromatic rings. The van der Waals surface area contributed by atoms with Gasteiger partial charge >= 0.3 is 0 Å². The molecule has 0 unspecified atom stereocenters. The van der Waals surface area contributed by atoms with Crippen molar-refractivity contribution in [2.75, 3.05) is 24.7 Å². The normalized spacial score (nSPS) is 12.5. The number of ether oxygens (including phenoxy) is 1. The Hall–Kier alpha value is -4.63. The zero-order valence-corrected chi connectivity index (χ0v) is 21.4. The molecule has 2 amide bonds.